The fourth-order valence-corrected chi connectivity index (χ4v) is 3.03. The Labute approximate surface area is 143 Å². The minimum Gasteiger partial charge on any atom is -0.482 e. The van der Waals surface area contributed by atoms with Crippen molar-refractivity contribution in [2.45, 2.75) is 52.2 Å². The van der Waals surface area contributed by atoms with Crippen molar-refractivity contribution in [2.24, 2.45) is 11.8 Å². The van der Waals surface area contributed by atoms with Gasteiger partial charge in [0.2, 0.25) is 0 Å². The SMILES string of the molecule is C[C@@H]1[C@H](C)CCC[C@@H]1NC(=O)[C@@H](C)OC(=O)COc1ccccc1. The number of hydrogen-bond donors (Lipinski definition) is 1. The van der Waals surface area contributed by atoms with E-state index in [0.717, 1.165) is 12.8 Å². The topological polar surface area (TPSA) is 64.6 Å². The number of amides is 1. The van der Waals surface area contributed by atoms with Gasteiger partial charge in [-0.05, 0) is 37.3 Å². The molecule has 0 radical (unpaired) electrons. The molecule has 0 heterocycles. The molecule has 4 atom stereocenters. The van der Waals surface area contributed by atoms with Crippen LogP contribution < -0.4 is 10.1 Å². The van der Waals surface area contributed by atoms with E-state index < -0.39 is 12.1 Å². The van der Waals surface area contributed by atoms with Crippen molar-refractivity contribution in [3.8, 4) is 5.75 Å². The van der Waals surface area contributed by atoms with Gasteiger partial charge in [-0.1, -0.05) is 44.9 Å². The number of benzene rings is 1. The summed E-state index contributed by atoms with van der Waals surface area (Å²) in [6.45, 7) is 5.76. The van der Waals surface area contributed by atoms with Gasteiger partial charge >= 0.3 is 5.97 Å². The average molecular weight is 333 g/mol. The van der Waals surface area contributed by atoms with Crippen LogP contribution in [0.5, 0.6) is 5.75 Å². The molecular formula is C19H27NO4. The first kappa shape index (κ1) is 18.3. The lowest BCUT2D eigenvalue weighted by Gasteiger charge is -2.35. The molecule has 1 amide bonds. The van der Waals surface area contributed by atoms with Gasteiger partial charge in [0.1, 0.15) is 5.75 Å². The maximum absolute atomic E-state index is 12.2. The van der Waals surface area contributed by atoms with Crippen LogP contribution in [-0.2, 0) is 14.3 Å². The van der Waals surface area contributed by atoms with Gasteiger partial charge in [-0.2, -0.15) is 0 Å². The number of hydrogen-bond acceptors (Lipinski definition) is 4. The normalized spacial score (nSPS) is 24.7. The fraction of sp³-hybridized carbons (Fsp3) is 0.579. The van der Waals surface area contributed by atoms with E-state index in [0.29, 0.717) is 17.6 Å². The molecule has 2 rings (SSSR count). The Kier molecular flexibility index (Phi) is 6.64. The third kappa shape index (κ3) is 5.25. The molecule has 1 aliphatic rings. The zero-order valence-corrected chi connectivity index (χ0v) is 14.7. The van der Waals surface area contributed by atoms with Crippen LogP contribution in [0.2, 0.25) is 0 Å². The van der Waals surface area contributed by atoms with Crippen molar-refractivity contribution in [3.05, 3.63) is 30.3 Å². The van der Waals surface area contributed by atoms with E-state index in [2.05, 4.69) is 19.2 Å². The second kappa shape index (κ2) is 8.71. The number of ether oxygens (including phenoxy) is 2. The van der Waals surface area contributed by atoms with Crippen LogP contribution in [0.25, 0.3) is 0 Å². The molecule has 132 valence electrons. The van der Waals surface area contributed by atoms with Gasteiger partial charge in [0.15, 0.2) is 12.7 Å². The summed E-state index contributed by atoms with van der Waals surface area (Å²) >= 11 is 0. The molecule has 1 N–H and O–H groups in total. The third-order valence-corrected chi connectivity index (χ3v) is 4.81. The Morgan fingerprint density at radius 2 is 1.92 bits per heavy atom. The summed E-state index contributed by atoms with van der Waals surface area (Å²) in [5.74, 6) is 0.838. The van der Waals surface area contributed by atoms with Gasteiger partial charge in [0.25, 0.3) is 5.91 Å². The first-order chi connectivity index (χ1) is 11.5. The molecule has 0 unspecified atom stereocenters. The van der Waals surface area contributed by atoms with E-state index >= 15 is 0 Å². The molecule has 0 aliphatic heterocycles. The van der Waals surface area contributed by atoms with Crippen LogP contribution in [0.15, 0.2) is 30.3 Å². The summed E-state index contributed by atoms with van der Waals surface area (Å²) in [5, 5.41) is 3.02. The number of rotatable bonds is 6. The van der Waals surface area contributed by atoms with Gasteiger partial charge < -0.3 is 14.8 Å². The minimum absolute atomic E-state index is 0.156. The van der Waals surface area contributed by atoms with Gasteiger partial charge in [-0.25, -0.2) is 4.79 Å². The second-order valence-corrected chi connectivity index (χ2v) is 6.62. The summed E-state index contributed by atoms with van der Waals surface area (Å²) in [7, 11) is 0. The highest BCUT2D eigenvalue weighted by molar-refractivity contribution is 5.83. The Bertz CT molecular complexity index is 546. The summed E-state index contributed by atoms with van der Waals surface area (Å²) in [4.78, 5) is 24.1. The largest absolute Gasteiger partial charge is 0.482 e. The molecule has 1 saturated carbocycles. The van der Waals surface area contributed by atoms with Gasteiger partial charge in [0, 0.05) is 6.04 Å². The molecule has 1 aromatic carbocycles. The molecule has 24 heavy (non-hydrogen) atoms. The molecule has 0 bridgehead atoms. The summed E-state index contributed by atoms with van der Waals surface area (Å²) in [6.07, 6.45) is 2.49. The van der Waals surface area contributed by atoms with Gasteiger partial charge in [-0.3, -0.25) is 4.79 Å². The molecule has 1 fully saturated rings. The monoisotopic (exact) mass is 333 g/mol. The maximum atomic E-state index is 12.2. The van der Waals surface area contributed by atoms with Crippen molar-refractivity contribution in [1.82, 2.24) is 5.32 Å². The predicted octanol–water partition coefficient (Wildman–Crippen LogP) is 2.94. The van der Waals surface area contributed by atoms with Crippen LogP contribution in [0.3, 0.4) is 0 Å². The second-order valence-electron chi connectivity index (χ2n) is 6.62. The molecule has 5 heteroatoms. The third-order valence-electron chi connectivity index (χ3n) is 4.81. The summed E-state index contributed by atoms with van der Waals surface area (Å²) in [5.41, 5.74) is 0. The molecular weight excluding hydrogens is 306 g/mol. The van der Waals surface area contributed by atoms with Crippen molar-refractivity contribution in [1.29, 1.82) is 0 Å². The van der Waals surface area contributed by atoms with Crippen molar-refractivity contribution < 1.29 is 19.1 Å². The summed E-state index contributed by atoms with van der Waals surface area (Å²) in [6, 6.07) is 9.18. The number of para-hydroxylation sites is 1. The van der Waals surface area contributed by atoms with E-state index in [9.17, 15) is 9.59 Å². The lowest BCUT2D eigenvalue weighted by atomic mass is 9.78. The number of esters is 1. The first-order valence-electron chi connectivity index (χ1n) is 8.65. The van der Waals surface area contributed by atoms with Crippen molar-refractivity contribution in [2.75, 3.05) is 6.61 Å². The predicted molar refractivity (Wildman–Crippen MR) is 91.6 cm³/mol. The Hall–Kier alpha value is -2.04. The average Bonchev–Trinajstić information content (AvgIpc) is 2.58. The van der Waals surface area contributed by atoms with Gasteiger partial charge in [-0.15, -0.1) is 0 Å². The van der Waals surface area contributed by atoms with E-state index in [1.807, 2.05) is 18.2 Å². The molecule has 5 nitrogen and oxygen atoms in total. The van der Waals surface area contributed by atoms with E-state index in [1.165, 1.54) is 6.42 Å². The molecule has 0 spiro atoms. The molecule has 0 aromatic heterocycles. The number of carbonyl (C=O) groups excluding carboxylic acids is 2. The lowest BCUT2D eigenvalue weighted by Crippen LogP contribution is -2.47. The highest BCUT2D eigenvalue weighted by atomic mass is 16.6. The van der Waals surface area contributed by atoms with Gasteiger partial charge in [0.05, 0.1) is 0 Å². The lowest BCUT2D eigenvalue weighted by molar-refractivity contribution is -0.157. The van der Waals surface area contributed by atoms with Crippen LogP contribution in [-0.4, -0.2) is 30.6 Å². The number of carbonyl (C=O) groups is 2. The van der Waals surface area contributed by atoms with Crippen molar-refractivity contribution in [3.63, 3.8) is 0 Å². The van der Waals surface area contributed by atoms with Crippen molar-refractivity contribution >= 4 is 11.9 Å². The van der Waals surface area contributed by atoms with E-state index in [1.54, 1.807) is 19.1 Å². The quantitative estimate of drug-likeness (QED) is 0.813. The highest BCUT2D eigenvalue weighted by Gasteiger charge is 2.30. The van der Waals surface area contributed by atoms with Crippen LogP contribution >= 0.6 is 0 Å². The molecule has 0 saturated heterocycles. The van der Waals surface area contributed by atoms with E-state index in [4.69, 9.17) is 9.47 Å². The minimum atomic E-state index is -0.818. The summed E-state index contributed by atoms with van der Waals surface area (Å²) < 4.78 is 10.5. The zero-order chi connectivity index (χ0) is 17.5. The van der Waals surface area contributed by atoms with E-state index in [-0.39, 0.29) is 18.6 Å². The highest BCUT2D eigenvalue weighted by Crippen LogP contribution is 2.29. The Morgan fingerprint density at radius 1 is 1.21 bits per heavy atom. The maximum Gasteiger partial charge on any atom is 0.344 e. The standard InChI is InChI=1S/C19H27NO4/c1-13-8-7-11-17(14(13)2)20-19(22)15(3)24-18(21)12-23-16-9-5-4-6-10-16/h4-6,9-10,13-15,17H,7-8,11-12H2,1-3H3,(H,20,22)/t13-,14-,15-,17+/m1/s1. The Balaban J connectivity index is 1.75. The first-order valence-corrected chi connectivity index (χ1v) is 8.65. The number of nitrogens with one attached hydrogen (secondary N) is 1. The smallest absolute Gasteiger partial charge is 0.344 e. The zero-order valence-electron chi connectivity index (χ0n) is 14.7. The van der Waals surface area contributed by atoms with Crippen LogP contribution in [0.4, 0.5) is 0 Å². The van der Waals surface area contributed by atoms with Crippen LogP contribution in [0, 0.1) is 11.8 Å². The van der Waals surface area contributed by atoms with Crippen LogP contribution in [0.1, 0.15) is 40.0 Å². The molecule has 1 aromatic rings. The fourth-order valence-electron chi connectivity index (χ4n) is 3.03. The Morgan fingerprint density at radius 3 is 2.62 bits per heavy atom. The molecule has 1 aliphatic carbocycles.